The van der Waals surface area contributed by atoms with Gasteiger partial charge in [0.2, 0.25) is 0 Å². The highest BCUT2D eigenvalue weighted by Crippen LogP contribution is 2.46. The number of rotatable bonds is 3. The van der Waals surface area contributed by atoms with Crippen LogP contribution in [-0.2, 0) is 14.1 Å². The van der Waals surface area contributed by atoms with Crippen molar-refractivity contribution in [1.82, 2.24) is 13.7 Å². The van der Waals surface area contributed by atoms with Crippen LogP contribution in [-0.4, -0.2) is 25.9 Å². The van der Waals surface area contributed by atoms with Gasteiger partial charge in [0.1, 0.15) is 0 Å². The predicted octanol–water partition coefficient (Wildman–Crippen LogP) is 4.23. The van der Waals surface area contributed by atoms with E-state index in [4.69, 9.17) is 4.74 Å². The van der Waals surface area contributed by atoms with Crippen molar-refractivity contribution in [2.24, 2.45) is 14.1 Å². The molecule has 0 aliphatic carbocycles. The molecule has 0 radical (unpaired) electrons. The average Bonchev–Trinajstić information content (AvgIpc) is 3.27. The number of nitrogens with zero attached hydrogens (tertiary/aromatic N) is 3. The molecule has 2 N–H and O–H groups in total. The Kier molecular flexibility index (Phi) is 5.01. The minimum absolute atomic E-state index is 0.0318. The third-order valence-electron chi connectivity index (χ3n) is 7.19. The van der Waals surface area contributed by atoms with Gasteiger partial charge < -0.3 is 19.7 Å². The summed E-state index contributed by atoms with van der Waals surface area (Å²) in [6, 6.07) is 20.7. The van der Waals surface area contributed by atoms with Crippen molar-refractivity contribution in [3.63, 3.8) is 0 Å². The molecule has 3 heterocycles. The second-order valence-corrected chi connectivity index (χ2v) is 9.39. The van der Waals surface area contributed by atoms with Gasteiger partial charge >= 0.3 is 5.69 Å². The maximum Gasteiger partial charge on any atom is 0.331 e. The number of benzene rings is 3. The number of phenols is 1. The lowest BCUT2D eigenvalue weighted by molar-refractivity contribution is 0.373. The third kappa shape index (κ3) is 3.22. The van der Waals surface area contributed by atoms with Crippen LogP contribution in [0.3, 0.4) is 0 Å². The molecule has 186 valence electrons. The molecule has 6 rings (SSSR count). The molecule has 0 fully saturated rings. The van der Waals surface area contributed by atoms with Gasteiger partial charge in [-0.2, -0.15) is 0 Å². The van der Waals surface area contributed by atoms with Gasteiger partial charge in [-0.15, -0.1) is 0 Å². The van der Waals surface area contributed by atoms with Gasteiger partial charge in [0, 0.05) is 14.1 Å². The number of aromatic nitrogens is 3. The molecular weight excluding hydrogens is 468 g/mol. The molecule has 0 unspecified atom stereocenters. The van der Waals surface area contributed by atoms with Crippen LogP contribution < -0.4 is 21.3 Å². The Morgan fingerprint density at radius 2 is 1.68 bits per heavy atom. The van der Waals surface area contributed by atoms with Crippen molar-refractivity contribution < 1.29 is 9.84 Å². The molecule has 5 aromatic rings. The quantitative estimate of drug-likeness (QED) is 0.392. The highest BCUT2D eigenvalue weighted by Gasteiger charge is 2.35. The van der Waals surface area contributed by atoms with Crippen molar-refractivity contribution in [3.05, 3.63) is 104 Å². The maximum atomic E-state index is 13.7. The van der Waals surface area contributed by atoms with Crippen LogP contribution in [0.25, 0.3) is 27.8 Å². The van der Waals surface area contributed by atoms with Crippen LogP contribution in [0.4, 0.5) is 5.69 Å². The van der Waals surface area contributed by atoms with E-state index in [2.05, 4.69) is 9.88 Å². The highest BCUT2D eigenvalue weighted by molar-refractivity contribution is 5.99. The maximum absolute atomic E-state index is 13.7. The Hall–Kier alpha value is -4.72. The molecule has 1 atom stereocenters. The van der Waals surface area contributed by atoms with Crippen LogP contribution in [0.1, 0.15) is 22.9 Å². The van der Waals surface area contributed by atoms with Crippen molar-refractivity contribution in [1.29, 1.82) is 0 Å². The summed E-state index contributed by atoms with van der Waals surface area (Å²) < 4.78 is 10.2. The molecule has 0 spiro atoms. The summed E-state index contributed by atoms with van der Waals surface area (Å²) in [5, 5.41) is 14.3. The van der Waals surface area contributed by atoms with E-state index < -0.39 is 11.7 Å². The number of phenolic OH excluding ortho intramolecular Hbond substituents is 1. The highest BCUT2D eigenvalue weighted by atomic mass is 16.5. The Bertz CT molecular complexity index is 1830. The normalized spacial score (nSPS) is 14.2. The molecule has 2 aromatic heterocycles. The number of methoxy groups -OCH3 is 1. The zero-order valence-electron chi connectivity index (χ0n) is 20.9. The van der Waals surface area contributed by atoms with Crippen molar-refractivity contribution in [3.8, 4) is 28.4 Å². The Morgan fingerprint density at radius 3 is 2.41 bits per heavy atom. The molecule has 0 amide bonds. The molecule has 0 saturated heterocycles. The third-order valence-corrected chi connectivity index (χ3v) is 7.19. The summed E-state index contributed by atoms with van der Waals surface area (Å²) in [6.45, 7) is 2.02. The minimum Gasteiger partial charge on any atom is -0.504 e. The lowest BCUT2D eigenvalue weighted by Crippen LogP contribution is -2.37. The number of para-hydroxylation sites is 2. The van der Waals surface area contributed by atoms with Crippen molar-refractivity contribution in [2.75, 3.05) is 12.4 Å². The second kappa shape index (κ2) is 8.16. The van der Waals surface area contributed by atoms with E-state index in [0.717, 1.165) is 44.0 Å². The van der Waals surface area contributed by atoms with E-state index in [1.807, 2.05) is 61.5 Å². The van der Waals surface area contributed by atoms with Gasteiger partial charge in [-0.25, -0.2) is 4.79 Å². The van der Waals surface area contributed by atoms with Gasteiger partial charge in [0.05, 0.1) is 46.8 Å². The number of hydrogen-bond donors (Lipinski definition) is 2. The van der Waals surface area contributed by atoms with Gasteiger partial charge in [-0.3, -0.25) is 13.9 Å². The summed E-state index contributed by atoms with van der Waals surface area (Å²) in [6.07, 6.45) is 0. The monoisotopic (exact) mass is 494 g/mol. The van der Waals surface area contributed by atoms with Crippen LogP contribution in [0.2, 0.25) is 0 Å². The van der Waals surface area contributed by atoms with Gasteiger partial charge in [-0.1, -0.05) is 48.0 Å². The van der Waals surface area contributed by atoms with Crippen molar-refractivity contribution in [2.45, 2.75) is 13.0 Å². The fourth-order valence-electron chi connectivity index (χ4n) is 5.33. The molecule has 0 saturated carbocycles. The van der Waals surface area contributed by atoms with E-state index in [-0.39, 0.29) is 11.3 Å². The average molecular weight is 495 g/mol. The predicted molar refractivity (Wildman–Crippen MR) is 144 cm³/mol. The van der Waals surface area contributed by atoms with Crippen molar-refractivity contribution >= 4 is 16.6 Å². The first-order chi connectivity index (χ1) is 17.8. The number of aromatic hydroxyl groups is 1. The Labute approximate surface area is 212 Å². The molecule has 0 bridgehead atoms. The summed E-state index contributed by atoms with van der Waals surface area (Å²) in [5.41, 5.74) is 5.84. The zero-order valence-corrected chi connectivity index (χ0v) is 20.9. The lowest BCUT2D eigenvalue weighted by atomic mass is 9.99. The fourth-order valence-corrected chi connectivity index (χ4v) is 5.33. The molecule has 37 heavy (non-hydrogen) atoms. The lowest BCUT2D eigenvalue weighted by Gasteiger charge is -2.31. The SMILES string of the molecule is COc1cc([C@H]2Nc3ccccc3-n3c(-c4ccc(C)cc4)c4c(=O)n(C)c(=O)n(C)c4c32)ccc1O. The van der Waals surface area contributed by atoms with Crippen LogP contribution >= 0.6 is 0 Å². The first-order valence-electron chi connectivity index (χ1n) is 12.0. The van der Waals surface area contributed by atoms with E-state index in [0.29, 0.717) is 16.7 Å². The van der Waals surface area contributed by atoms with Crippen LogP contribution in [0, 0.1) is 6.92 Å². The van der Waals surface area contributed by atoms with E-state index >= 15 is 0 Å². The molecule has 1 aliphatic rings. The van der Waals surface area contributed by atoms with Gasteiger partial charge in [0.15, 0.2) is 11.5 Å². The number of fused-ring (bicyclic) bond motifs is 5. The Balaban J connectivity index is 1.83. The van der Waals surface area contributed by atoms with Crippen LogP contribution in [0.5, 0.6) is 11.5 Å². The Morgan fingerprint density at radius 1 is 0.946 bits per heavy atom. The van der Waals surface area contributed by atoms with E-state index in [9.17, 15) is 14.7 Å². The number of anilines is 1. The number of aryl methyl sites for hydroxylation is 2. The first kappa shape index (κ1) is 22.7. The zero-order chi connectivity index (χ0) is 26.0. The van der Waals surface area contributed by atoms with Gasteiger partial charge in [-0.05, 0) is 42.3 Å². The smallest absolute Gasteiger partial charge is 0.331 e. The first-order valence-corrected chi connectivity index (χ1v) is 12.0. The van der Waals surface area contributed by atoms with Crippen LogP contribution in [0.15, 0.2) is 76.3 Å². The molecule has 3 aromatic carbocycles. The molecule has 8 heteroatoms. The number of nitrogens with one attached hydrogen (secondary N) is 1. The number of ether oxygens (including phenoxy) is 1. The standard InChI is InChI=1S/C29H26N4O4/c1-16-9-11-17(12-10-16)25-23-26(31(2)29(36)32(3)28(23)35)27-24(18-13-14-21(34)22(15-18)37-4)30-19-7-5-6-8-20(19)33(25)27/h5-15,24,30,34H,1-4H3/t24-/m1/s1. The second-order valence-electron chi connectivity index (χ2n) is 9.39. The summed E-state index contributed by atoms with van der Waals surface area (Å²) >= 11 is 0. The molecule has 1 aliphatic heterocycles. The largest absolute Gasteiger partial charge is 0.504 e. The molecule has 8 nitrogen and oxygen atoms in total. The minimum atomic E-state index is -0.441. The fraction of sp³-hybridized carbons (Fsp3) is 0.172. The topological polar surface area (TPSA) is 90.4 Å². The summed E-state index contributed by atoms with van der Waals surface area (Å²) in [7, 11) is 4.70. The van der Waals surface area contributed by atoms with Gasteiger partial charge in [0.25, 0.3) is 5.56 Å². The summed E-state index contributed by atoms with van der Waals surface area (Å²) in [4.78, 5) is 26.9. The molecular formula is C29H26N4O4. The summed E-state index contributed by atoms with van der Waals surface area (Å²) in [5.74, 6) is 0.369. The van der Waals surface area contributed by atoms with E-state index in [1.54, 1.807) is 23.7 Å². The number of hydrogen-bond acceptors (Lipinski definition) is 5. The van der Waals surface area contributed by atoms with E-state index in [1.165, 1.54) is 14.2 Å².